The average molecular weight is 564 g/mol. The van der Waals surface area contributed by atoms with Gasteiger partial charge in [-0.3, -0.25) is 0 Å². The normalized spacial score (nSPS) is 20.1. The Morgan fingerprint density at radius 1 is 1.03 bits per heavy atom. The van der Waals surface area contributed by atoms with Crippen molar-refractivity contribution in [2.75, 3.05) is 18.5 Å². The van der Waals surface area contributed by atoms with Crippen LogP contribution >= 0.6 is 11.6 Å². The SMILES string of the molecule is CN1[C@H](C2CCCCC2)CN(c2ccccc2)c2cc(Cl)c(-c3cc(C(=O)O)c4cc[nH]c4c3)cc2S1(=O)=O. The van der Waals surface area contributed by atoms with Gasteiger partial charge < -0.3 is 15.0 Å². The van der Waals surface area contributed by atoms with Crippen LogP contribution in [-0.4, -0.2) is 48.4 Å². The van der Waals surface area contributed by atoms with Crippen molar-refractivity contribution < 1.29 is 18.3 Å². The smallest absolute Gasteiger partial charge is 0.336 e. The molecule has 1 aromatic heterocycles. The number of sulfonamides is 1. The number of nitrogens with one attached hydrogen (secondary N) is 1. The van der Waals surface area contributed by atoms with Gasteiger partial charge in [-0.05, 0) is 66.8 Å². The van der Waals surface area contributed by atoms with Crippen molar-refractivity contribution in [1.82, 2.24) is 9.29 Å². The van der Waals surface area contributed by atoms with Crippen molar-refractivity contribution in [3.05, 3.63) is 77.4 Å². The predicted octanol–water partition coefficient (Wildman–Crippen LogP) is 6.91. The fraction of sp³-hybridized carbons (Fsp3) is 0.300. The number of aromatic amines is 1. The number of hydrogen-bond donors (Lipinski definition) is 2. The van der Waals surface area contributed by atoms with Gasteiger partial charge in [-0.15, -0.1) is 0 Å². The summed E-state index contributed by atoms with van der Waals surface area (Å²) in [7, 11) is -2.20. The Morgan fingerprint density at radius 2 is 1.77 bits per heavy atom. The number of benzene rings is 3. The summed E-state index contributed by atoms with van der Waals surface area (Å²) in [6.45, 7) is 0.519. The molecule has 9 heteroatoms. The van der Waals surface area contributed by atoms with E-state index in [2.05, 4.69) is 9.88 Å². The van der Waals surface area contributed by atoms with Gasteiger partial charge in [0.25, 0.3) is 0 Å². The minimum atomic E-state index is -3.89. The number of H-pyrrole nitrogens is 1. The molecule has 3 aromatic carbocycles. The third-order valence-corrected chi connectivity index (χ3v) is 10.5. The number of hydrogen-bond acceptors (Lipinski definition) is 4. The summed E-state index contributed by atoms with van der Waals surface area (Å²) in [5, 5.41) is 10.8. The highest BCUT2D eigenvalue weighted by Gasteiger charge is 2.41. The van der Waals surface area contributed by atoms with E-state index < -0.39 is 16.0 Å². The van der Waals surface area contributed by atoms with Gasteiger partial charge in [-0.25, -0.2) is 13.2 Å². The molecule has 1 saturated carbocycles. The zero-order valence-corrected chi connectivity index (χ0v) is 23.2. The minimum absolute atomic E-state index is 0.123. The largest absolute Gasteiger partial charge is 0.478 e. The number of nitrogens with zero attached hydrogens (tertiary/aromatic N) is 2. The third kappa shape index (κ3) is 4.50. The first-order chi connectivity index (χ1) is 18.8. The summed E-state index contributed by atoms with van der Waals surface area (Å²) in [5.74, 6) is -0.798. The predicted molar refractivity (Wildman–Crippen MR) is 154 cm³/mol. The number of fused-ring (bicyclic) bond motifs is 2. The number of rotatable bonds is 4. The molecule has 7 nitrogen and oxygen atoms in total. The molecule has 0 unspecified atom stereocenters. The monoisotopic (exact) mass is 563 g/mol. The van der Waals surface area contributed by atoms with Crippen LogP contribution in [-0.2, 0) is 10.0 Å². The molecule has 1 aliphatic carbocycles. The van der Waals surface area contributed by atoms with Crippen LogP contribution in [0.4, 0.5) is 11.4 Å². The molecule has 6 rings (SSSR count). The van der Waals surface area contributed by atoms with E-state index in [-0.39, 0.29) is 22.4 Å². The first-order valence-electron chi connectivity index (χ1n) is 13.2. The molecule has 1 aliphatic heterocycles. The van der Waals surface area contributed by atoms with E-state index in [9.17, 15) is 18.3 Å². The van der Waals surface area contributed by atoms with Crippen LogP contribution in [0.2, 0.25) is 5.02 Å². The topological polar surface area (TPSA) is 93.7 Å². The Kier molecular flexibility index (Phi) is 6.65. The fourth-order valence-electron chi connectivity index (χ4n) is 6.23. The lowest BCUT2D eigenvalue weighted by Gasteiger charge is -2.36. The van der Waals surface area contributed by atoms with Crippen molar-refractivity contribution in [3.8, 4) is 11.1 Å². The van der Waals surface area contributed by atoms with E-state index in [4.69, 9.17) is 11.6 Å². The zero-order chi connectivity index (χ0) is 27.3. The van der Waals surface area contributed by atoms with E-state index in [0.717, 1.165) is 31.4 Å². The van der Waals surface area contributed by atoms with Crippen molar-refractivity contribution in [3.63, 3.8) is 0 Å². The highest BCUT2D eigenvalue weighted by molar-refractivity contribution is 7.89. The van der Waals surface area contributed by atoms with Crippen LogP contribution in [0.5, 0.6) is 0 Å². The summed E-state index contributed by atoms with van der Waals surface area (Å²) in [6, 6.07) is 18.0. The standard InChI is InChI=1S/C30H30ClN3O4S/c1-33-28(19-8-4-2-5-9-19)18-34(21-10-6-3-7-11-21)27-17-25(31)23(16-29(27)39(33,37)38)20-14-24(30(35)36)22-12-13-32-26(22)15-20/h3,6-7,10-17,19,28,32H,2,4-5,8-9,18H2,1H3,(H,35,36)/t28-/m0/s1. The summed E-state index contributed by atoms with van der Waals surface area (Å²) in [4.78, 5) is 17.3. The third-order valence-electron chi connectivity index (χ3n) is 8.31. The van der Waals surface area contributed by atoms with Gasteiger partial charge in [-0.1, -0.05) is 49.1 Å². The number of anilines is 2. The number of aromatic nitrogens is 1. The molecule has 0 spiro atoms. The second-order valence-corrected chi connectivity index (χ2v) is 12.9. The lowest BCUT2D eigenvalue weighted by atomic mass is 9.83. The Morgan fingerprint density at radius 3 is 2.49 bits per heavy atom. The van der Waals surface area contributed by atoms with Crippen LogP contribution in [0.3, 0.4) is 0 Å². The molecular formula is C30H30ClN3O4S. The maximum absolute atomic E-state index is 14.3. The second-order valence-electron chi connectivity index (χ2n) is 10.5. The number of halogens is 1. The maximum Gasteiger partial charge on any atom is 0.336 e. The number of carboxylic acid groups (broad SMARTS) is 1. The molecule has 202 valence electrons. The molecule has 0 radical (unpaired) electrons. The van der Waals surface area contributed by atoms with Gasteiger partial charge >= 0.3 is 5.97 Å². The van der Waals surface area contributed by atoms with Crippen LogP contribution < -0.4 is 4.90 Å². The first-order valence-corrected chi connectivity index (χ1v) is 15.1. The Labute approximate surface area is 233 Å². The molecule has 39 heavy (non-hydrogen) atoms. The van der Waals surface area contributed by atoms with Gasteiger partial charge in [0.1, 0.15) is 4.90 Å². The zero-order valence-electron chi connectivity index (χ0n) is 21.6. The van der Waals surface area contributed by atoms with E-state index >= 15 is 0 Å². The van der Waals surface area contributed by atoms with Gasteiger partial charge in [0.2, 0.25) is 10.0 Å². The van der Waals surface area contributed by atoms with Crippen molar-refractivity contribution in [2.45, 2.75) is 43.0 Å². The Bertz CT molecular complexity index is 1660. The first kappa shape index (κ1) is 25.9. The number of carbonyl (C=O) groups is 1. The number of carboxylic acids is 1. The lowest BCUT2D eigenvalue weighted by molar-refractivity contribution is 0.0699. The number of para-hydroxylation sites is 1. The van der Waals surface area contributed by atoms with Crippen LogP contribution in [0, 0.1) is 5.92 Å². The van der Waals surface area contributed by atoms with E-state index in [0.29, 0.717) is 39.3 Å². The highest BCUT2D eigenvalue weighted by atomic mass is 35.5. The van der Waals surface area contributed by atoms with Gasteiger partial charge in [0, 0.05) is 48.0 Å². The van der Waals surface area contributed by atoms with Gasteiger partial charge in [0.15, 0.2) is 0 Å². The Balaban J connectivity index is 1.56. The fourth-order valence-corrected chi connectivity index (χ4v) is 8.10. The summed E-state index contributed by atoms with van der Waals surface area (Å²) < 4.78 is 30.1. The molecule has 0 saturated heterocycles. The van der Waals surface area contributed by atoms with Crippen LogP contribution in [0.15, 0.2) is 71.8 Å². The molecule has 4 aromatic rings. The van der Waals surface area contributed by atoms with E-state index in [1.807, 2.05) is 36.4 Å². The van der Waals surface area contributed by atoms with E-state index in [1.165, 1.54) is 6.42 Å². The molecule has 1 fully saturated rings. The molecule has 2 aliphatic rings. The van der Waals surface area contributed by atoms with Crippen LogP contribution in [0.1, 0.15) is 42.5 Å². The second kappa shape index (κ2) is 10.0. The summed E-state index contributed by atoms with van der Waals surface area (Å²) in [5.41, 5.74) is 3.19. The quantitative estimate of drug-likeness (QED) is 0.281. The molecule has 2 N–H and O–H groups in total. The minimum Gasteiger partial charge on any atom is -0.478 e. The molecule has 1 atom stereocenters. The lowest BCUT2D eigenvalue weighted by Crippen LogP contribution is -2.46. The number of likely N-dealkylation sites (N-methyl/N-ethyl adjacent to an activating group) is 1. The van der Waals surface area contributed by atoms with Crippen molar-refractivity contribution in [1.29, 1.82) is 0 Å². The molecule has 0 amide bonds. The maximum atomic E-state index is 14.3. The van der Waals surface area contributed by atoms with Crippen molar-refractivity contribution in [2.24, 2.45) is 5.92 Å². The van der Waals surface area contributed by atoms with Crippen LogP contribution in [0.25, 0.3) is 22.0 Å². The summed E-state index contributed by atoms with van der Waals surface area (Å²) in [6.07, 6.45) is 7.09. The molecule has 0 bridgehead atoms. The summed E-state index contributed by atoms with van der Waals surface area (Å²) >= 11 is 6.88. The van der Waals surface area contributed by atoms with E-state index in [1.54, 1.807) is 41.8 Å². The average Bonchev–Trinajstić information content (AvgIpc) is 3.39. The molecular weight excluding hydrogens is 534 g/mol. The number of aromatic carboxylic acids is 1. The Hall–Kier alpha value is -3.33. The van der Waals surface area contributed by atoms with Gasteiger partial charge in [0.05, 0.1) is 16.3 Å². The van der Waals surface area contributed by atoms with Crippen molar-refractivity contribution >= 4 is 49.9 Å². The molecule has 2 heterocycles. The van der Waals surface area contributed by atoms with Gasteiger partial charge in [-0.2, -0.15) is 4.31 Å². The highest BCUT2D eigenvalue weighted by Crippen LogP contribution is 2.45.